The molecule has 5 nitrogen and oxygen atoms in total. The number of carbonyl (C=O) groups excluding carboxylic acids is 2. The summed E-state index contributed by atoms with van der Waals surface area (Å²) in [7, 11) is 0. The predicted molar refractivity (Wildman–Crippen MR) is 85.1 cm³/mol. The van der Waals surface area contributed by atoms with Crippen LogP contribution in [0.2, 0.25) is 0 Å². The van der Waals surface area contributed by atoms with Gasteiger partial charge in [0.15, 0.2) is 0 Å². The summed E-state index contributed by atoms with van der Waals surface area (Å²) in [5, 5.41) is 2.72. The first kappa shape index (κ1) is 15.4. The fourth-order valence-corrected chi connectivity index (χ4v) is 2.49. The van der Waals surface area contributed by atoms with Gasteiger partial charge in [-0.2, -0.15) is 0 Å². The topological polar surface area (TPSA) is 75.4 Å². The van der Waals surface area contributed by atoms with Crippen LogP contribution in [0, 0.1) is 0 Å². The lowest BCUT2D eigenvalue weighted by atomic mass is 10.1. The highest BCUT2D eigenvalue weighted by atomic mass is 32.1. The van der Waals surface area contributed by atoms with Crippen LogP contribution in [0.3, 0.4) is 0 Å². The zero-order chi connectivity index (χ0) is 15.4. The molecule has 6 heteroatoms. The second kappa shape index (κ2) is 6.67. The molecule has 0 saturated carbocycles. The van der Waals surface area contributed by atoms with Crippen LogP contribution in [0.1, 0.15) is 35.7 Å². The Kier molecular flexibility index (Phi) is 4.90. The van der Waals surface area contributed by atoms with E-state index in [1.807, 2.05) is 0 Å². The standard InChI is InChI=1S/C15H19N3O2S/c1-10(15(20)18-7-2-3-8-18)17-14(19)12-6-4-5-11(9-12)13(16)21/h4-6,9-10H,2-3,7-8H2,1H3,(H2,16,21)(H,17,19). The highest BCUT2D eigenvalue weighted by Gasteiger charge is 2.24. The zero-order valence-corrected chi connectivity index (χ0v) is 12.8. The Morgan fingerprint density at radius 2 is 1.90 bits per heavy atom. The predicted octanol–water partition coefficient (Wildman–Crippen LogP) is 1.06. The molecule has 3 N–H and O–H groups in total. The average Bonchev–Trinajstić information content (AvgIpc) is 3.00. The number of hydrogen-bond acceptors (Lipinski definition) is 3. The molecule has 2 rings (SSSR count). The molecule has 1 unspecified atom stereocenters. The van der Waals surface area contributed by atoms with Crippen LogP contribution in [0.25, 0.3) is 0 Å². The number of amides is 2. The van der Waals surface area contributed by atoms with E-state index in [2.05, 4.69) is 5.32 Å². The van der Waals surface area contributed by atoms with Crippen molar-refractivity contribution < 1.29 is 9.59 Å². The number of rotatable bonds is 4. The molecule has 0 bridgehead atoms. The summed E-state index contributed by atoms with van der Waals surface area (Å²) in [5.74, 6) is -0.334. The van der Waals surface area contributed by atoms with Gasteiger partial charge >= 0.3 is 0 Å². The first-order chi connectivity index (χ1) is 9.99. The van der Waals surface area contributed by atoms with Crippen LogP contribution in [0.5, 0.6) is 0 Å². The number of nitrogens with one attached hydrogen (secondary N) is 1. The molecule has 0 aromatic heterocycles. The number of thiocarbonyl (C=S) groups is 1. The van der Waals surface area contributed by atoms with Crippen molar-refractivity contribution in [2.75, 3.05) is 13.1 Å². The van der Waals surface area contributed by atoms with Crippen molar-refractivity contribution in [3.05, 3.63) is 35.4 Å². The van der Waals surface area contributed by atoms with Crippen molar-refractivity contribution in [1.82, 2.24) is 10.2 Å². The van der Waals surface area contributed by atoms with Crippen molar-refractivity contribution in [2.24, 2.45) is 5.73 Å². The normalized spacial score (nSPS) is 15.6. The second-order valence-electron chi connectivity index (χ2n) is 5.17. The lowest BCUT2D eigenvalue weighted by molar-refractivity contribution is -0.131. The summed E-state index contributed by atoms with van der Waals surface area (Å²) in [6.07, 6.45) is 2.06. The van der Waals surface area contributed by atoms with Gasteiger partial charge in [-0.3, -0.25) is 9.59 Å². The van der Waals surface area contributed by atoms with E-state index in [4.69, 9.17) is 18.0 Å². The molecule has 0 spiro atoms. The van der Waals surface area contributed by atoms with Crippen LogP contribution in [-0.4, -0.2) is 40.8 Å². The van der Waals surface area contributed by atoms with E-state index in [-0.39, 0.29) is 16.8 Å². The Balaban J connectivity index is 2.01. The second-order valence-corrected chi connectivity index (χ2v) is 5.61. The maximum absolute atomic E-state index is 12.2. The van der Waals surface area contributed by atoms with Crippen LogP contribution < -0.4 is 11.1 Å². The molecule has 2 amide bonds. The van der Waals surface area contributed by atoms with Crippen molar-refractivity contribution in [3.63, 3.8) is 0 Å². The Labute approximate surface area is 129 Å². The lowest BCUT2D eigenvalue weighted by Gasteiger charge is -2.21. The Morgan fingerprint density at radius 1 is 1.29 bits per heavy atom. The van der Waals surface area contributed by atoms with Gasteiger partial charge in [0.1, 0.15) is 11.0 Å². The number of carbonyl (C=O) groups is 2. The van der Waals surface area contributed by atoms with Gasteiger partial charge in [-0.1, -0.05) is 24.4 Å². The monoisotopic (exact) mass is 305 g/mol. The SMILES string of the molecule is CC(NC(=O)c1cccc(C(N)=S)c1)C(=O)N1CCCC1. The van der Waals surface area contributed by atoms with Gasteiger partial charge in [-0.05, 0) is 31.9 Å². The molecule has 1 aromatic carbocycles. The molecule has 1 atom stereocenters. The number of hydrogen-bond donors (Lipinski definition) is 2. The molecular formula is C15H19N3O2S. The molecule has 1 heterocycles. The minimum Gasteiger partial charge on any atom is -0.389 e. The Morgan fingerprint density at radius 3 is 2.52 bits per heavy atom. The summed E-state index contributed by atoms with van der Waals surface area (Å²) in [5.41, 5.74) is 6.63. The van der Waals surface area contributed by atoms with Gasteiger partial charge in [0.05, 0.1) is 0 Å². The van der Waals surface area contributed by atoms with Crippen molar-refractivity contribution in [3.8, 4) is 0 Å². The first-order valence-electron chi connectivity index (χ1n) is 6.98. The van der Waals surface area contributed by atoms with Gasteiger partial charge in [0.25, 0.3) is 5.91 Å². The van der Waals surface area contributed by atoms with E-state index in [1.165, 1.54) is 0 Å². The summed E-state index contributed by atoms with van der Waals surface area (Å²) in [6, 6.07) is 6.23. The highest BCUT2D eigenvalue weighted by molar-refractivity contribution is 7.80. The maximum atomic E-state index is 12.2. The molecule has 0 aliphatic carbocycles. The van der Waals surface area contributed by atoms with Crippen molar-refractivity contribution in [1.29, 1.82) is 0 Å². The summed E-state index contributed by atoms with van der Waals surface area (Å²) in [4.78, 5) is 26.4. The highest BCUT2D eigenvalue weighted by Crippen LogP contribution is 2.10. The zero-order valence-electron chi connectivity index (χ0n) is 12.0. The van der Waals surface area contributed by atoms with Crippen LogP contribution in [0.15, 0.2) is 24.3 Å². The maximum Gasteiger partial charge on any atom is 0.251 e. The number of benzene rings is 1. The fourth-order valence-electron chi connectivity index (χ4n) is 2.37. The molecule has 0 radical (unpaired) electrons. The first-order valence-corrected chi connectivity index (χ1v) is 7.39. The Bertz CT molecular complexity index is 568. The third-order valence-electron chi connectivity index (χ3n) is 3.55. The Hall–Kier alpha value is -1.95. The van der Waals surface area contributed by atoms with Gasteiger partial charge in [0.2, 0.25) is 5.91 Å². The van der Waals surface area contributed by atoms with E-state index in [9.17, 15) is 9.59 Å². The van der Waals surface area contributed by atoms with Crippen LogP contribution >= 0.6 is 12.2 Å². The lowest BCUT2D eigenvalue weighted by Crippen LogP contribution is -2.45. The van der Waals surface area contributed by atoms with E-state index < -0.39 is 6.04 Å². The molecule has 1 aromatic rings. The van der Waals surface area contributed by atoms with Crippen LogP contribution in [-0.2, 0) is 4.79 Å². The minimum absolute atomic E-state index is 0.0358. The van der Waals surface area contributed by atoms with E-state index in [0.717, 1.165) is 25.9 Å². The molecule has 1 aliphatic heterocycles. The van der Waals surface area contributed by atoms with Gasteiger partial charge < -0.3 is 16.0 Å². The van der Waals surface area contributed by atoms with Crippen molar-refractivity contribution >= 4 is 29.0 Å². The number of nitrogens with two attached hydrogens (primary N) is 1. The smallest absolute Gasteiger partial charge is 0.251 e. The number of likely N-dealkylation sites (tertiary alicyclic amines) is 1. The molecule has 21 heavy (non-hydrogen) atoms. The minimum atomic E-state index is -0.538. The summed E-state index contributed by atoms with van der Waals surface area (Å²) < 4.78 is 0. The molecule has 1 fully saturated rings. The van der Waals surface area contributed by atoms with E-state index in [1.54, 1.807) is 36.1 Å². The average molecular weight is 305 g/mol. The number of nitrogens with zero attached hydrogens (tertiary/aromatic N) is 1. The summed E-state index contributed by atoms with van der Waals surface area (Å²) >= 11 is 4.90. The van der Waals surface area contributed by atoms with Gasteiger partial charge in [-0.15, -0.1) is 0 Å². The molecular weight excluding hydrogens is 286 g/mol. The molecule has 1 aliphatic rings. The third kappa shape index (κ3) is 3.78. The third-order valence-corrected chi connectivity index (χ3v) is 3.78. The van der Waals surface area contributed by atoms with Crippen LogP contribution in [0.4, 0.5) is 0 Å². The van der Waals surface area contributed by atoms with Gasteiger partial charge in [-0.25, -0.2) is 0 Å². The fraction of sp³-hybridized carbons (Fsp3) is 0.400. The largest absolute Gasteiger partial charge is 0.389 e. The van der Waals surface area contributed by atoms with E-state index in [0.29, 0.717) is 11.1 Å². The quantitative estimate of drug-likeness (QED) is 0.816. The summed E-state index contributed by atoms with van der Waals surface area (Å²) in [6.45, 7) is 3.25. The molecule has 112 valence electrons. The van der Waals surface area contributed by atoms with Crippen molar-refractivity contribution in [2.45, 2.75) is 25.8 Å². The van der Waals surface area contributed by atoms with E-state index >= 15 is 0 Å². The van der Waals surface area contributed by atoms with Gasteiger partial charge in [0, 0.05) is 24.2 Å². The molecule has 1 saturated heterocycles.